The third-order valence-electron chi connectivity index (χ3n) is 4.34. The number of hydrazine groups is 4. The summed E-state index contributed by atoms with van der Waals surface area (Å²) >= 11 is 0. The van der Waals surface area contributed by atoms with Crippen LogP contribution in [0.2, 0.25) is 0 Å². The lowest BCUT2D eigenvalue weighted by Crippen LogP contribution is -2.45. The van der Waals surface area contributed by atoms with Crippen molar-refractivity contribution in [3.8, 4) is 0 Å². The molecule has 2 saturated heterocycles. The fourth-order valence-corrected chi connectivity index (χ4v) is 2.89. The van der Waals surface area contributed by atoms with E-state index in [-0.39, 0.29) is 30.8 Å². The maximum atomic E-state index is 12.3. The highest BCUT2D eigenvalue weighted by Crippen LogP contribution is 2.22. The fourth-order valence-electron chi connectivity index (χ4n) is 2.89. The first-order valence-electron chi connectivity index (χ1n) is 8.53. The van der Waals surface area contributed by atoms with Crippen LogP contribution in [0.25, 0.3) is 0 Å². The smallest absolute Gasteiger partial charge is 0.324 e. The van der Waals surface area contributed by atoms with Gasteiger partial charge in [0, 0.05) is 12.6 Å². The van der Waals surface area contributed by atoms with E-state index in [9.17, 15) is 4.79 Å². The highest BCUT2D eigenvalue weighted by molar-refractivity contribution is 5.76. The van der Waals surface area contributed by atoms with E-state index in [0.717, 1.165) is 24.9 Å². The van der Waals surface area contributed by atoms with Crippen LogP contribution >= 0.6 is 0 Å². The van der Waals surface area contributed by atoms with Crippen LogP contribution in [0.3, 0.4) is 0 Å². The van der Waals surface area contributed by atoms with Crippen molar-refractivity contribution in [2.45, 2.75) is 44.4 Å². The summed E-state index contributed by atoms with van der Waals surface area (Å²) in [6, 6.07) is 9.88. The zero-order chi connectivity index (χ0) is 16.8. The summed E-state index contributed by atoms with van der Waals surface area (Å²) in [5.41, 5.74) is 16.3. The Bertz CT molecular complexity index is 529. The molecule has 2 aliphatic heterocycles. The van der Waals surface area contributed by atoms with E-state index in [2.05, 4.69) is 46.4 Å². The molecule has 8 heteroatoms. The van der Waals surface area contributed by atoms with Crippen molar-refractivity contribution in [2.24, 2.45) is 0 Å². The molecule has 132 valence electrons. The first-order chi connectivity index (χ1) is 11.8. The zero-order valence-electron chi connectivity index (χ0n) is 13.9. The van der Waals surface area contributed by atoms with Crippen LogP contribution in [0.1, 0.15) is 37.8 Å². The van der Waals surface area contributed by atoms with E-state index in [1.54, 1.807) is 0 Å². The van der Waals surface area contributed by atoms with Crippen LogP contribution in [0, 0.1) is 0 Å². The summed E-state index contributed by atoms with van der Waals surface area (Å²) in [6.07, 6.45) is 2.80. The third kappa shape index (κ3) is 4.29. The molecule has 3 rings (SSSR count). The van der Waals surface area contributed by atoms with E-state index >= 15 is 0 Å². The molecule has 0 aliphatic carbocycles. The van der Waals surface area contributed by atoms with Crippen molar-refractivity contribution >= 4 is 5.97 Å². The Labute approximate surface area is 142 Å². The van der Waals surface area contributed by atoms with Crippen molar-refractivity contribution in [2.75, 3.05) is 13.2 Å². The molecule has 3 atom stereocenters. The van der Waals surface area contributed by atoms with Crippen molar-refractivity contribution < 1.29 is 9.53 Å². The molecule has 3 unspecified atom stereocenters. The Morgan fingerprint density at radius 1 is 1.25 bits per heavy atom. The number of ether oxygens (including phenoxy) is 1. The Balaban J connectivity index is 1.44. The molecule has 0 amide bonds. The molecule has 1 aromatic rings. The first-order valence-corrected chi connectivity index (χ1v) is 8.53. The van der Waals surface area contributed by atoms with Crippen molar-refractivity contribution in [1.29, 1.82) is 0 Å². The number of esters is 1. The van der Waals surface area contributed by atoms with Gasteiger partial charge in [-0.15, -0.1) is 0 Å². The first kappa shape index (κ1) is 17.3. The number of nitrogens with one attached hydrogen (secondary N) is 5. The van der Waals surface area contributed by atoms with Gasteiger partial charge in [0.1, 0.15) is 18.8 Å². The molecule has 0 aromatic heterocycles. The summed E-state index contributed by atoms with van der Waals surface area (Å²) in [7, 11) is 0. The Hall–Kier alpha value is -1.55. The number of carbonyl (C=O) groups is 1. The van der Waals surface area contributed by atoms with E-state index in [0.29, 0.717) is 6.42 Å². The molecule has 0 bridgehead atoms. The fraction of sp³-hybridized carbons (Fsp3) is 0.562. The largest absolute Gasteiger partial charge is 0.461 e. The average Bonchev–Trinajstić information content (AvgIpc) is 3.28. The number of benzene rings is 1. The Kier molecular flexibility index (Phi) is 6.13. The van der Waals surface area contributed by atoms with E-state index in [4.69, 9.17) is 4.74 Å². The Morgan fingerprint density at radius 3 is 2.88 bits per heavy atom. The van der Waals surface area contributed by atoms with Crippen LogP contribution in [-0.4, -0.2) is 36.3 Å². The van der Waals surface area contributed by atoms with Crippen molar-refractivity contribution in [3.05, 3.63) is 35.9 Å². The highest BCUT2D eigenvalue weighted by atomic mass is 16.5. The summed E-state index contributed by atoms with van der Waals surface area (Å²) < 4.78 is 5.48. The van der Waals surface area contributed by atoms with Gasteiger partial charge in [-0.05, 0) is 18.4 Å². The second kappa shape index (κ2) is 8.52. The summed E-state index contributed by atoms with van der Waals surface area (Å²) in [6.45, 7) is 3.32. The molecule has 2 fully saturated rings. The predicted molar refractivity (Wildman–Crippen MR) is 89.6 cm³/mol. The molecule has 1 aromatic carbocycles. The van der Waals surface area contributed by atoms with Crippen molar-refractivity contribution in [1.82, 2.24) is 32.4 Å². The zero-order valence-corrected chi connectivity index (χ0v) is 13.9. The van der Waals surface area contributed by atoms with Gasteiger partial charge in [-0.25, -0.2) is 21.3 Å². The lowest BCUT2D eigenvalue weighted by molar-refractivity contribution is -0.147. The van der Waals surface area contributed by atoms with Crippen LogP contribution in [0.5, 0.6) is 0 Å². The number of carbonyl (C=O) groups excluding carboxylic acids is 1. The molecule has 0 spiro atoms. The maximum absolute atomic E-state index is 12.3. The average molecular weight is 334 g/mol. The predicted octanol–water partition coefficient (Wildman–Crippen LogP) is 0.0930. The standard InChI is InChI=1S/C16H26N6O2/c1-2-3-9-22-15(19-20-21-22)11-24-16(23)14-10-13(17-18-14)12-7-5-4-6-8-12/h4-8,13-15,17-21H,2-3,9-11H2,1H3. The van der Waals surface area contributed by atoms with E-state index < -0.39 is 0 Å². The van der Waals surface area contributed by atoms with Crippen LogP contribution in [0.15, 0.2) is 30.3 Å². The minimum absolute atomic E-state index is 0.0696. The lowest BCUT2D eigenvalue weighted by atomic mass is 10.0. The minimum Gasteiger partial charge on any atom is -0.461 e. The second-order valence-corrected chi connectivity index (χ2v) is 6.11. The highest BCUT2D eigenvalue weighted by Gasteiger charge is 2.32. The normalized spacial score (nSPS) is 27.5. The molecule has 2 aliphatic rings. The third-order valence-corrected chi connectivity index (χ3v) is 4.34. The molecule has 0 radical (unpaired) electrons. The maximum Gasteiger partial charge on any atom is 0.324 e. The lowest BCUT2D eigenvalue weighted by Gasteiger charge is -2.22. The SMILES string of the molecule is CCCCN1NNNC1COC(=O)C1CC(c2ccccc2)NN1. The number of nitrogens with zero attached hydrogens (tertiary/aromatic N) is 1. The van der Waals surface area contributed by atoms with Gasteiger partial charge in [0.25, 0.3) is 0 Å². The van der Waals surface area contributed by atoms with Gasteiger partial charge in [0.05, 0.1) is 0 Å². The topological polar surface area (TPSA) is 89.7 Å². The summed E-state index contributed by atoms with van der Waals surface area (Å²) in [5, 5.41) is 2.00. The van der Waals surface area contributed by atoms with Crippen LogP contribution in [0.4, 0.5) is 0 Å². The molecule has 5 N–H and O–H groups in total. The quantitative estimate of drug-likeness (QED) is 0.449. The molecular weight excluding hydrogens is 308 g/mol. The van der Waals surface area contributed by atoms with Gasteiger partial charge >= 0.3 is 5.97 Å². The number of hydrogen-bond acceptors (Lipinski definition) is 8. The summed E-state index contributed by atoms with van der Waals surface area (Å²) in [4.78, 5) is 12.3. The second-order valence-electron chi connectivity index (χ2n) is 6.11. The van der Waals surface area contributed by atoms with Gasteiger partial charge in [-0.2, -0.15) is 11.1 Å². The minimum atomic E-state index is -0.332. The molecular formula is C16H26N6O2. The molecule has 8 nitrogen and oxygen atoms in total. The van der Waals surface area contributed by atoms with Crippen molar-refractivity contribution in [3.63, 3.8) is 0 Å². The Morgan fingerprint density at radius 2 is 2.08 bits per heavy atom. The van der Waals surface area contributed by atoms with E-state index in [1.807, 2.05) is 23.2 Å². The van der Waals surface area contributed by atoms with E-state index in [1.165, 1.54) is 0 Å². The molecule has 0 saturated carbocycles. The number of rotatable bonds is 7. The van der Waals surface area contributed by atoms with Gasteiger partial charge < -0.3 is 4.74 Å². The molecule has 2 heterocycles. The van der Waals surface area contributed by atoms with Gasteiger partial charge in [0.15, 0.2) is 0 Å². The van der Waals surface area contributed by atoms with Gasteiger partial charge in [0.2, 0.25) is 0 Å². The van der Waals surface area contributed by atoms with Crippen LogP contribution in [-0.2, 0) is 9.53 Å². The monoisotopic (exact) mass is 334 g/mol. The van der Waals surface area contributed by atoms with Gasteiger partial charge in [-0.3, -0.25) is 4.79 Å². The summed E-state index contributed by atoms with van der Waals surface area (Å²) in [5.74, 6) is -0.231. The number of hydrogen-bond donors (Lipinski definition) is 5. The molecule has 24 heavy (non-hydrogen) atoms. The van der Waals surface area contributed by atoms with Gasteiger partial charge in [-0.1, -0.05) is 43.7 Å². The number of unbranched alkanes of at least 4 members (excludes halogenated alkanes) is 1. The van der Waals surface area contributed by atoms with Crippen LogP contribution < -0.4 is 27.3 Å².